The van der Waals surface area contributed by atoms with E-state index in [1.165, 1.54) is 6.07 Å². The summed E-state index contributed by atoms with van der Waals surface area (Å²) < 4.78 is 19.5. The summed E-state index contributed by atoms with van der Waals surface area (Å²) in [5, 5.41) is 9.24. The molecule has 102 valence electrons. The molecule has 2 rings (SSSR count). The van der Waals surface area contributed by atoms with E-state index in [4.69, 9.17) is 16.3 Å². The van der Waals surface area contributed by atoms with E-state index in [0.29, 0.717) is 22.4 Å². The lowest BCUT2D eigenvalue weighted by atomic mass is 10.0. The van der Waals surface area contributed by atoms with Gasteiger partial charge in [-0.1, -0.05) is 29.8 Å². The van der Waals surface area contributed by atoms with Crippen molar-refractivity contribution in [2.45, 2.75) is 20.0 Å². The monoisotopic (exact) mass is 289 g/mol. The van der Waals surface area contributed by atoms with Gasteiger partial charge < -0.3 is 4.74 Å². The molecule has 0 spiro atoms. The second kappa shape index (κ2) is 5.94. The largest absolute Gasteiger partial charge is 0.490 e. The maximum Gasteiger partial charge on any atom is 0.149 e. The van der Waals surface area contributed by atoms with E-state index in [0.717, 1.165) is 0 Å². The Balaban J connectivity index is 2.50. The molecule has 0 aliphatic carbocycles. The fourth-order valence-electron chi connectivity index (χ4n) is 1.87. The zero-order chi connectivity index (χ0) is 14.7. The van der Waals surface area contributed by atoms with Crippen LogP contribution in [0.1, 0.15) is 19.4 Å². The van der Waals surface area contributed by atoms with E-state index in [-0.39, 0.29) is 11.1 Å². The Morgan fingerprint density at radius 3 is 2.65 bits per heavy atom. The second-order valence-corrected chi connectivity index (χ2v) is 5.00. The molecule has 0 radical (unpaired) electrons. The minimum Gasteiger partial charge on any atom is -0.490 e. The Hall–Kier alpha value is -2.05. The van der Waals surface area contributed by atoms with Crippen LogP contribution in [0.3, 0.4) is 0 Å². The molecule has 0 N–H and O–H groups in total. The highest BCUT2D eigenvalue weighted by atomic mass is 35.5. The number of halogens is 2. The molecule has 0 atom stereocenters. The number of hydrogen-bond donors (Lipinski definition) is 0. The van der Waals surface area contributed by atoms with E-state index in [1.807, 2.05) is 13.8 Å². The van der Waals surface area contributed by atoms with Crippen LogP contribution in [0.2, 0.25) is 5.02 Å². The van der Waals surface area contributed by atoms with Crippen molar-refractivity contribution in [1.82, 2.24) is 0 Å². The highest BCUT2D eigenvalue weighted by Gasteiger charge is 2.12. The zero-order valence-corrected chi connectivity index (χ0v) is 11.9. The van der Waals surface area contributed by atoms with Gasteiger partial charge in [-0.05, 0) is 37.6 Å². The van der Waals surface area contributed by atoms with Crippen LogP contribution in [0.25, 0.3) is 11.1 Å². The molecule has 0 amide bonds. The van der Waals surface area contributed by atoms with Crippen molar-refractivity contribution >= 4 is 11.6 Å². The van der Waals surface area contributed by atoms with Crippen molar-refractivity contribution in [1.29, 1.82) is 5.26 Å². The van der Waals surface area contributed by atoms with Gasteiger partial charge in [-0.25, -0.2) is 4.39 Å². The number of hydrogen-bond acceptors (Lipinski definition) is 2. The summed E-state index contributed by atoms with van der Waals surface area (Å²) in [7, 11) is 0. The maximum atomic E-state index is 14.0. The first kappa shape index (κ1) is 14.4. The molecular weight excluding hydrogens is 277 g/mol. The number of nitriles is 1. The molecule has 2 aromatic carbocycles. The van der Waals surface area contributed by atoms with Crippen molar-refractivity contribution < 1.29 is 9.13 Å². The molecule has 2 nitrogen and oxygen atoms in total. The highest BCUT2D eigenvalue weighted by Crippen LogP contribution is 2.31. The standard InChI is InChI=1S/C16H13ClFNO/c1-10(2)20-15-7-6-11(8-12(15)9-19)13-4-3-5-14(17)16(13)18/h3-8,10H,1-2H3. The van der Waals surface area contributed by atoms with E-state index in [2.05, 4.69) is 6.07 Å². The molecule has 0 fully saturated rings. The lowest BCUT2D eigenvalue weighted by Crippen LogP contribution is -2.06. The van der Waals surface area contributed by atoms with Gasteiger partial charge in [0.05, 0.1) is 16.7 Å². The normalized spacial score (nSPS) is 10.4. The zero-order valence-electron chi connectivity index (χ0n) is 11.2. The smallest absolute Gasteiger partial charge is 0.149 e. The molecule has 4 heteroatoms. The van der Waals surface area contributed by atoms with Crippen molar-refractivity contribution in [3.8, 4) is 22.9 Å². The molecule has 0 aliphatic heterocycles. The Labute approximate surface area is 122 Å². The van der Waals surface area contributed by atoms with Gasteiger partial charge in [0.25, 0.3) is 0 Å². The average molecular weight is 290 g/mol. The van der Waals surface area contributed by atoms with Crippen LogP contribution in [0.5, 0.6) is 5.75 Å². The summed E-state index contributed by atoms with van der Waals surface area (Å²) in [6.45, 7) is 3.76. The Morgan fingerprint density at radius 2 is 2.00 bits per heavy atom. The third kappa shape index (κ3) is 2.92. The minimum absolute atomic E-state index is 0.0316. The molecule has 0 bridgehead atoms. The van der Waals surface area contributed by atoms with Gasteiger partial charge >= 0.3 is 0 Å². The van der Waals surface area contributed by atoms with Crippen LogP contribution in [0.15, 0.2) is 36.4 Å². The fourth-order valence-corrected chi connectivity index (χ4v) is 2.04. The molecule has 0 heterocycles. The molecule has 0 saturated carbocycles. The lowest BCUT2D eigenvalue weighted by molar-refractivity contribution is 0.242. The van der Waals surface area contributed by atoms with Crippen molar-refractivity contribution in [2.75, 3.05) is 0 Å². The summed E-state index contributed by atoms with van der Waals surface area (Å²) in [5.41, 5.74) is 1.33. The van der Waals surface area contributed by atoms with Crippen LogP contribution < -0.4 is 4.74 Å². The Bertz CT molecular complexity index is 677. The van der Waals surface area contributed by atoms with E-state index in [1.54, 1.807) is 30.3 Å². The van der Waals surface area contributed by atoms with Gasteiger partial charge in [-0.3, -0.25) is 0 Å². The van der Waals surface area contributed by atoms with Gasteiger partial charge in [-0.2, -0.15) is 5.26 Å². The van der Waals surface area contributed by atoms with Gasteiger partial charge in [0.1, 0.15) is 17.6 Å². The molecule has 0 aromatic heterocycles. The van der Waals surface area contributed by atoms with Crippen molar-refractivity contribution in [2.24, 2.45) is 0 Å². The molecule has 2 aromatic rings. The summed E-state index contributed by atoms with van der Waals surface area (Å²) in [6.07, 6.45) is -0.0316. The number of nitrogens with zero attached hydrogens (tertiary/aromatic N) is 1. The molecule has 0 unspecified atom stereocenters. The Kier molecular flexibility index (Phi) is 4.26. The average Bonchev–Trinajstić information content (AvgIpc) is 2.42. The summed E-state index contributed by atoms with van der Waals surface area (Å²) in [6, 6.07) is 11.8. The first-order chi connectivity index (χ1) is 9.52. The SMILES string of the molecule is CC(C)Oc1ccc(-c2cccc(Cl)c2F)cc1C#N. The minimum atomic E-state index is -0.490. The van der Waals surface area contributed by atoms with Gasteiger partial charge in [0.2, 0.25) is 0 Å². The quantitative estimate of drug-likeness (QED) is 0.812. The van der Waals surface area contributed by atoms with E-state index >= 15 is 0 Å². The van der Waals surface area contributed by atoms with E-state index in [9.17, 15) is 9.65 Å². The van der Waals surface area contributed by atoms with Crippen LogP contribution >= 0.6 is 11.6 Å². The fraction of sp³-hybridized carbons (Fsp3) is 0.188. The van der Waals surface area contributed by atoms with Crippen LogP contribution in [0, 0.1) is 17.1 Å². The third-order valence-corrected chi connectivity index (χ3v) is 3.02. The topological polar surface area (TPSA) is 33.0 Å². The van der Waals surface area contributed by atoms with Crippen molar-refractivity contribution in [3.05, 3.63) is 52.8 Å². The molecule has 0 saturated heterocycles. The van der Waals surface area contributed by atoms with Gasteiger partial charge in [0.15, 0.2) is 0 Å². The maximum absolute atomic E-state index is 14.0. The predicted molar refractivity (Wildman–Crippen MR) is 77.3 cm³/mol. The van der Waals surface area contributed by atoms with Gasteiger partial charge in [0, 0.05) is 5.56 Å². The van der Waals surface area contributed by atoms with Gasteiger partial charge in [-0.15, -0.1) is 0 Å². The second-order valence-electron chi connectivity index (χ2n) is 4.59. The first-order valence-corrected chi connectivity index (χ1v) is 6.56. The first-order valence-electron chi connectivity index (χ1n) is 6.18. The number of benzene rings is 2. The predicted octanol–water partition coefficient (Wildman–Crippen LogP) is 4.80. The van der Waals surface area contributed by atoms with Crippen LogP contribution in [-0.2, 0) is 0 Å². The van der Waals surface area contributed by atoms with E-state index < -0.39 is 5.82 Å². The summed E-state index contributed by atoms with van der Waals surface area (Å²) >= 11 is 5.77. The molecular formula is C16H13ClFNO. The Morgan fingerprint density at radius 1 is 1.25 bits per heavy atom. The highest BCUT2D eigenvalue weighted by molar-refractivity contribution is 6.31. The van der Waals surface area contributed by atoms with Crippen LogP contribution in [0.4, 0.5) is 4.39 Å². The number of ether oxygens (including phenoxy) is 1. The third-order valence-electron chi connectivity index (χ3n) is 2.73. The van der Waals surface area contributed by atoms with Crippen LogP contribution in [-0.4, -0.2) is 6.10 Å². The number of rotatable bonds is 3. The molecule has 20 heavy (non-hydrogen) atoms. The lowest BCUT2D eigenvalue weighted by Gasteiger charge is -2.12. The molecule has 0 aliphatic rings. The van der Waals surface area contributed by atoms with Crippen molar-refractivity contribution in [3.63, 3.8) is 0 Å². The summed E-state index contributed by atoms with van der Waals surface area (Å²) in [4.78, 5) is 0. The summed E-state index contributed by atoms with van der Waals surface area (Å²) in [5.74, 6) is 0.00395.